The molecule has 0 saturated carbocycles. The van der Waals surface area contributed by atoms with E-state index in [1.165, 1.54) is 45.3 Å². The standard InChI is InChI=1S/C12H24N2O/c1-14(9-12-5-2-6-13-12)8-11-4-3-7-15-10-11/h11-13H,2-10H2,1H3/t11?,12-/m1/s1. The quantitative estimate of drug-likeness (QED) is 0.755. The van der Waals surface area contributed by atoms with Gasteiger partial charge in [0.25, 0.3) is 0 Å². The molecular weight excluding hydrogens is 188 g/mol. The summed E-state index contributed by atoms with van der Waals surface area (Å²) >= 11 is 0. The zero-order valence-corrected chi connectivity index (χ0v) is 9.87. The van der Waals surface area contributed by atoms with E-state index in [0.717, 1.165) is 25.2 Å². The normalized spacial score (nSPS) is 32.4. The molecule has 2 aliphatic rings. The molecule has 88 valence electrons. The van der Waals surface area contributed by atoms with Crippen molar-refractivity contribution in [1.82, 2.24) is 10.2 Å². The van der Waals surface area contributed by atoms with Crippen molar-refractivity contribution in [2.75, 3.05) is 39.9 Å². The maximum atomic E-state index is 5.51. The number of nitrogens with one attached hydrogen (secondary N) is 1. The van der Waals surface area contributed by atoms with Crippen LogP contribution in [0.1, 0.15) is 25.7 Å². The maximum absolute atomic E-state index is 5.51. The Labute approximate surface area is 93.2 Å². The Morgan fingerprint density at radius 2 is 2.20 bits per heavy atom. The van der Waals surface area contributed by atoms with Gasteiger partial charge in [0, 0.05) is 25.7 Å². The summed E-state index contributed by atoms with van der Waals surface area (Å²) in [5.74, 6) is 0.769. The van der Waals surface area contributed by atoms with Crippen LogP contribution in [0.4, 0.5) is 0 Å². The monoisotopic (exact) mass is 212 g/mol. The molecule has 3 heteroatoms. The summed E-state index contributed by atoms with van der Waals surface area (Å²) in [5, 5.41) is 3.55. The second kappa shape index (κ2) is 5.83. The Morgan fingerprint density at radius 3 is 2.87 bits per heavy atom. The Hall–Kier alpha value is -0.120. The molecule has 0 spiro atoms. The van der Waals surface area contributed by atoms with Gasteiger partial charge < -0.3 is 15.0 Å². The van der Waals surface area contributed by atoms with Crippen LogP contribution in [-0.4, -0.2) is 50.8 Å². The summed E-state index contributed by atoms with van der Waals surface area (Å²) in [5.41, 5.74) is 0. The van der Waals surface area contributed by atoms with Crippen molar-refractivity contribution in [1.29, 1.82) is 0 Å². The summed E-state index contributed by atoms with van der Waals surface area (Å²) in [6, 6.07) is 0.736. The average molecular weight is 212 g/mol. The lowest BCUT2D eigenvalue weighted by molar-refractivity contribution is 0.0412. The molecule has 0 aromatic rings. The van der Waals surface area contributed by atoms with E-state index in [9.17, 15) is 0 Å². The highest BCUT2D eigenvalue weighted by atomic mass is 16.5. The van der Waals surface area contributed by atoms with E-state index in [1.807, 2.05) is 0 Å². The first-order valence-electron chi connectivity index (χ1n) is 6.34. The van der Waals surface area contributed by atoms with E-state index in [2.05, 4.69) is 17.3 Å². The molecule has 2 heterocycles. The lowest BCUT2D eigenvalue weighted by Crippen LogP contribution is -2.39. The SMILES string of the molecule is CN(CC1CCCOC1)C[C@H]1CCCN1. The van der Waals surface area contributed by atoms with Crippen LogP contribution in [0, 0.1) is 5.92 Å². The fourth-order valence-corrected chi connectivity index (χ4v) is 2.76. The molecule has 2 saturated heterocycles. The van der Waals surface area contributed by atoms with Crippen LogP contribution < -0.4 is 5.32 Å². The predicted octanol–water partition coefficient (Wildman–Crippen LogP) is 1.10. The molecule has 0 amide bonds. The van der Waals surface area contributed by atoms with Gasteiger partial charge >= 0.3 is 0 Å². The minimum Gasteiger partial charge on any atom is -0.381 e. The summed E-state index contributed by atoms with van der Waals surface area (Å²) in [6.45, 7) is 5.58. The van der Waals surface area contributed by atoms with Crippen molar-refractivity contribution in [2.45, 2.75) is 31.7 Å². The van der Waals surface area contributed by atoms with E-state index < -0.39 is 0 Å². The van der Waals surface area contributed by atoms with E-state index in [0.29, 0.717) is 0 Å². The number of nitrogens with zero attached hydrogens (tertiary/aromatic N) is 1. The van der Waals surface area contributed by atoms with Crippen LogP contribution in [0.3, 0.4) is 0 Å². The van der Waals surface area contributed by atoms with Crippen molar-refractivity contribution < 1.29 is 4.74 Å². The van der Waals surface area contributed by atoms with E-state index in [4.69, 9.17) is 4.74 Å². The molecule has 0 aliphatic carbocycles. The third kappa shape index (κ3) is 3.74. The zero-order valence-electron chi connectivity index (χ0n) is 9.87. The molecule has 2 aliphatic heterocycles. The van der Waals surface area contributed by atoms with Gasteiger partial charge in [0.1, 0.15) is 0 Å². The third-order valence-electron chi connectivity index (χ3n) is 3.52. The maximum Gasteiger partial charge on any atom is 0.0506 e. The van der Waals surface area contributed by atoms with Gasteiger partial charge in [-0.15, -0.1) is 0 Å². The summed E-state index contributed by atoms with van der Waals surface area (Å²) < 4.78 is 5.51. The summed E-state index contributed by atoms with van der Waals surface area (Å²) in [4.78, 5) is 2.47. The van der Waals surface area contributed by atoms with Gasteiger partial charge in [-0.25, -0.2) is 0 Å². The van der Waals surface area contributed by atoms with Crippen molar-refractivity contribution in [3.63, 3.8) is 0 Å². The molecule has 0 bridgehead atoms. The molecule has 15 heavy (non-hydrogen) atoms. The number of likely N-dealkylation sites (N-methyl/N-ethyl adjacent to an activating group) is 1. The lowest BCUT2D eigenvalue weighted by atomic mass is 10.0. The van der Waals surface area contributed by atoms with E-state index in [-0.39, 0.29) is 0 Å². The third-order valence-corrected chi connectivity index (χ3v) is 3.52. The molecule has 0 radical (unpaired) electrons. The highest BCUT2D eigenvalue weighted by Gasteiger charge is 2.19. The van der Waals surface area contributed by atoms with Crippen LogP contribution in [0.2, 0.25) is 0 Å². The van der Waals surface area contributed by atoms with Gasteiger partial charge in [0.05, 0.1) is 6.61 Å². The van der Waals surface area contributed by atoms with Crippen LogP contribution in [0.25, 0.3) is 0 Å². The Bertz CT molecular complexity index is 174. The number of ether oxygens (including phenoxy) is 1. The van der Waals surface area contributed by atoms with Gasteiger partial charge in [-0.05, 0) is 45.2 Å². The van der Waals surface area contributed by atoms with Crippen molar-refractivity contribution in [3.8, 4) is 0 Å². The molecule has 1 unspecified atom stereocenters. The van der Waals surface area contributed by atoms with E-state index >= 15 is 0 Å². The molecule has 3 nitrogen and oxygen atoms in total. The second-order valence-corrected chi connectivity index (χ2v) is 5.10. The number of rotatable bonds is 4. The van der Waals surface area contributed by atoms with Crippen molar-refractivity contribution in [3.05, 3.63) is 0 Å². The highest BCUT2D eigenvalue weighted by molar-refractivity contribution is 4.78. The van der Waals surface area contributed by atoms with Crippen LogP contribution >= 0.6 is 0 Å². The summed E-state index contributed by atoms with van der Waals surface area (Å²) in [6.07, 6.45) is 5.30. The molecule has 2 fully saturated rings. The van der Waals surface area contributed by atoms with Gasteiger partial charge in [-0.2, -0.15) is 0 Å². The van der Waals surface area contributed by atoms with Crippen molar-refractivity contribution in [2.24, 2.45) is 5.92 Å². The molecule has 0 aromatic heterocycles. The van der Waals surface area contributed by atoms with Crippen LogP contribution in [0.5, 0.6) is 0 Å². The Morgan fingerprint density at radius 1 is 1.27 bits per heavy atom. The van der Waals surface area contributed by atoms with Crippen LogP contribution in [0.15, 0.2) is 0 Å². The lowest BCUT2D eigenvalue weighted by Gasteiger charge is -2.28. The molecular formula is C12H24N2O. The fraction of sp³-hybridized carbons (Fsp3) is 1.00. The molecule has 2 atom stereocenters. The van der Waals surface area contributed by atoms with Gasteiger partial charge in [0.2, 0.25) is 0 Å². The Balaban J connectivity index is 1.64. The average Bonchev–Trinajstić information content (AvgIpc) is 2.71. The van der Waals surface area contributed by atoms with E-state index in [1.54, 1.807) is 0 Å². The highest BCUT2D eigenvalue weighted by Crippen LogP contribution is 2.15. The van der Waals surface area contributed by atoms with Gasteiger partial charge in [0.15, 0.2) is 0 Å². The van der Waals surface area contributed by atoms with Crippen molar-refractivity contribution >= 4 is 0 Å². The first-order valence-corrected chi connectivity index (χ1v) is 6.34. The minimum absolute atomic E-state index is 0.736. The molecule has 1 N–H and O–H groups in total. The zero-order chi connectivity index (χ0) is 10.5. The predicted molar refractivity (Wildman–Crippen MR) is 62.1 cm³/mol. The minimum atomic E-state index is 0.736. The van der Waals surface area contributed by atoms with Gasteiger partial charge in [-0.1, -0.05) is 0 Å². The Kier molecular flexibility index (Phi) is 4.42. The second-order valence-electron chi connectivity index (χ2n) is 5.10. The van der Waals surface area contributed by atoms with Crippen LogP contribution in [-0.2, 0) is 4.74 Å². The number of hydrogen-bond acceptors (Lipinski definition) is 3. The first kappa shape index (κ1) is 11.4. The smallest absolute Gasteiger partial charge is 0.0506 e. The fourth-order valence-electron chi connectivity index (χ4n) is 2.76. The van der Waals surface area contributed by atoms with Gasteiger partial charge in [-0.3, -0.25) is 0 Å². The number of hydrogen-bond donors (Lipinski definition) is 1. The topological polar surface area (TPSA) is 24.5 Å². The largest absolute Gasteiger partial charge is 0.381 e. The summed E-state index contributed by atoms with van der Waals surface area (Å²) in [7, 11) is 2.24. The first-order chi connectivity index (χ1) is 7.34. The molecule has 0 aromatic carbocycles. The molecule has 2 rings (SSSR count).